The van der Waals surface area contributed by atoms with Gasteiger partial charge in [-0.25, -0.2) is 8.42 Å². The Bertz CT molecular complexity index is 1010. The predicted molar refractivity (Wildman–Crippen MR) is 121 cm³/mol. The van der Waals surface area contributed by atoms with Crippen LogP contribution in [0.25, 0.3) is 0 Å². The minimum atomic E-state index is -3.51. The molecule has 0 unspecified atom stereocenters. The molecule has 7 heteroatoms. The molecule has 2 aromatic rings. The molecular formula is C23H28N2O3S2. The Balaban J connectivity index is 1.38. The molecule has 1 amide bonds. The SMILES string of the molecule is CSc1ccc(NC(=O)C2CCN(S(=O)(=O)c3ccc4c(c3)CCCC4)CC2)cc1. The standard InChI is InChI=1S/C23H28N2O3S2/c1-29-21-9-7-20(8-10-21)24-23(26)18-12-14-25(15-13-18)30(27,28)22-11-6-17-4-2-3-5-19(17)16-22/h6-11,16,18H,2-5,12-15H2,1H3,(H,24,26). The molecule has 1 aliphatic heterocycles. The lowest BCUT2D eigenvalue weighted by Crippen LogP contribution is -2.41. The summed E-state index contributed by atoms with van der Waals surface area (Å²) < 4.78 is 27.8. The summed E-state index contributed by atoms with van der Waals surface area (Å²) in [6.45, 7) is 0.756. The third-order valence-corrected chi connectivity index (χ3v) is 8.78. The van der Waals surface area contributed by atoms with Gasteiger partial charge in [0, 0.05) is 29.6 Å². The summed E-state index contributed by atoms with van der Waals surface area (Å²) in [4.78, 5) is 14.2. The molecule has 0 bridgehead atoms. The maximum atomic E-state index is 13.1. The molecular weight excluding hydrogens is 416 g/mol. The Labute approximate surface area is 183 Å². The highest BCUT2D eigenvalue weighted by Crippen LogP contribution is 2.28. The number of carbonyl (C=O) groups excluding carboxylic acids is 1. The summed E-state index contributed by atoms with van der Waals surface area (Å²) in [5, 5.41) is 2.97. The lowest BCUT2D eigenvalue weighted by molar-refractivity contribution is -0.120. The van der Waals surface area contributed by atoms with E-state index >= 15 is 0 Å². The first kappa shape index (κ1) is 21.4. The second kappa shape index (κ2) is 9.12. The van der Waals surface area contributed by atoms with Gasteiger partial charge in [-0.15, -0.1) is 11.8 Å². The van der Waals surface area contributed by atoms with Gasteiger partial charge in [0.15, 0.2) is 0 Å². The Hall–Kier alpha value is -1.83. The molecule has 5 nitrogen and oxygen atoms in total. The number of sulfonamides is 1. The van der Waals surface area contributed by atoms with Crippen molar-refractivity contribution in [2.45, 2.75) is 48.3 Å². The first-order chi connectivity index (χ1) is 14.5. The molecule has 1 N–H and O–H groups in total. The van der Waals surface area contributed by atoms with E-state index in [4.69, 9.17) is 0 Å². The summed E-state index contributed by atoms with van der Waals surface area (Å²) in [6, 6.07) is 13.3. The topological polar surface area (TPSA) is 66.5 Å². The molecule has 1 heterocycles. The molecule has 0 saturated carbocycles. The van der Waals surface area contributed by atoms with Crippen LogP contribution in [0.2, 0.25) is 0 Å². The van der Waals surface area contributed by atoms with Crippen LogP contribution in [0.15, 0.2) is 52.3 Å². The number of benzene rings is 2. The molecule has 1 saturated heterocycles. The van der Waals surface area contributed by atoms with Gasteiger partial charge in [-0.1, -0.05) is 6.07 Å². The van der Waals surface area contributed by atoms with Gasteiger partial charge in [-0.3, -0.25) is 4.79 Å². The normalized spacial score (nSPS) is 18.0. The van der Waals surface area contributed by atoms with Gasteiger partial charge >= 0.3 is 0 Å². The fourth-order valence-corrected chi connectivity index (χ4v) is 6.23. The molecule has 0 radical (unpaired) electrons. The molecule has 2 aliphatic rings. The molecule has 0 spiro atoms. The van der Waals surface area contributed by atoms with E-state index < -0.39 is 10.0 Å². The van der Waals surface area contributed by atoms with Crippen LogP contribution in [0.5, 0.6) is 0 Å². The fourth-order valence-electron chi connectivity index (χ4n) is 4.30. The quantitative estimate of drug-likeness (QED) is 0.697. The molecule has 0 atom stereocenters. The van der Waals surface area contributed by atoms with Crippen LogP contribution in [0, 0.1) is 5.92 Å². The van der Waals surface area contributed by atoms with E-state index in [1.807, 2.05) is 42.7 Å². The van der Waals surface area contributed by atoms with Crippen LogP contribution in [0.1, 0.15) is 36.8 Å². The van der Waals surface area contributed by atoms with Crippen molar-refractivity contribution in [1.29, 1.82) is 0 Å². The lowest BCUT2D eigenvalue weighted by Gasteiger charge is -2.31. The highest BCUT2D eigenvalue weighted by atomic mass is 32.2. The van der Waals surface area contributed by atoms with E-state index in [1.165, 1.54) is 21.9 Å². The zero-order valence-corrected chi connectivity index (χ0v) is 18.9. The first-order valence-electron chi connectivity index (χ1n) is 10.5. The minimum Gasteiger partial charge on any atom is -0.326 e. The number of carbonyl (C=O) groups is 1. The van der Waals surface area contributed by atoms with Gasteiger partial charge in [0.2, 0.25) is 15.9 Å². The number of piperidine rings is 1. The summed E-state index contributed by atoms with van der Waals surface area (Å²) in [5.41, 5.74) is 3.23. The second-order valence-corrected chi connectivity index (χ2v) is 10.9. The van der Waals surface area contributed by atoms with Gasteiger partial charge in [0.25, 0.3) is 0 Å². The van der Waals surface area contributed by atoms with Crippen molar-refractivity contribution in [3.05, 3.63) is 53.6 Å². The van der Waals surface area contributed by atoms with Gasteiger partial charge in [0.1, 0.15) is 0 Å². The largest absolute Gasteiger partial charge is 0.326 e. The number of aryl methyl sites for hydroxylation is 2. The Morgan fingerprint density at radius 2 is 1.67 bits per heavy atom. The fraction of sp³-hybridized carbons (Fsp3) is 0.435. The van der Waals surface area contributed by atoms with E-state index in [1.54, 1.807) is 17.8 Å². The smallest absolute Gasteiger partial charge is 0.243 e. The number of nitrogens with zero attached hydrogens (tertiary/aromatic N) is 1. The number of nitrogens with one attached hydrogen (secondary N) is 1. The van der Waals surface area contributed by atoms with Gasteiger partial charge in [-0.05, 0) is 92.3 Å². The van der Waals surface area contributed by atoms with Crippen molar-refractivity contribution in [3.63, 3.8) is 0 Å². The summed E-state index contributed by atoms with van der Waals surface area (Å²) in [7, 11) is -3.51. The third kappa shape index (κ3) is 4.58. The number of fused-ring (bicyclic) bond motifs is 1. The highest BCUT2D eigenvalue weighted by Gasteiger charge is 2.32. The predicted octanol–water partition coefficient (Wildman–Crippen LogP) is 4.33. The molecule has 30 heavy (non-hydrogen) atoms. The number of rotatable bonds is 5. The van der Waals surface area contributed by atoms with E-state index in [-0.39, 0.29) is 11.8 Å². The van der Waals surface area contributed by atoms with Gasteiger partial charge in [-0.2, -0.15) is 4.31 Å². The van der Waals surface area contributed by atoms with Crippen LogP contribution >= 0.6 is 11.8 Å². The van der Waals surface area contributed by atoms with E-state index in [0.29, 0.717) is 30.8 Å². The molecule has 0 aromatic heterocycles. The Kier molecular flexibility index (Phi) is 6.51. The first-order valence-corrected chi connectivity index (χ1v) is 13.2. The molecule has 2 aromatic carbocycles. The molecule has 1 fully saturated rings. The van der Waals surface area contributed by atoms with Crippen molar-refractivity contribution in [1.82, 2.24) is 4.31 Å². The van der Waals surface area contributed by atoms with Crippen molar-refractivity contribution in [2.24, 2.45) is 5.92 Å². The summed E-state index contributed by atoms with van der Waals surface area (Å²) in [5.74, 6) is -0.196. The van der Waals surface area contributed by atoms with E-state index in [9.17, 15) is 13.2 Å². The maximum absolute atomic E-state index is 13.1. The van der Waals surface area contributed by atoms with E-state index in [2.05, 4.69) is 5.32 Å². The van der Waals surface area contributed by atoms with Crippen LogP contribution < -0.4 is 5.32 Å². The molecule has 1 aliphatic carbocycles. The summed E-state index contributed by atoms with van der Waals surface area (Å²) in [6.07, 6.45) is 7.39. The summed E-state index contributed by atoms with van der Waals surface area (Å²) >= 11 is 1.66. The van der Waals surface area contributed by atoms with Crippen molar-refractivity contribution < 1.29 is 13.2 Å². The van der Waals surface area contributed by atoms with Gasteiger partial charge in [0.05, 0.1) is 4.90 Å². The van der Waals surface area contributed by atoms with Crippen molar-refractivity contribution in [3.8, 4) is 0 Å². The average molecular weight is 445 g/mol. The maximum Gasteiger partial charge on any atom is 0.243 e. The monoisotopic (exact) mass is 444 g/mol. The number of amides is 1. The van der Waals surface area contributed by atoms with Crippen molar-refractivity contribution in [2.75, 3.05) is 24.7 Å². The molecule has 160 valence electrons. The second-order valence-electron chi connectivity index (χ2n) is 8.03. The molecule has 4 rings (SSSR count). The number of thioether (sulfide) groups is 1. The number of anilines is 1. The zero-order chi connectivity index (χ0) is 21.1. The zero-order valence-electron chi connectivity index (χ0n) is 17.3. The van der Waals surface area contributed by atoms with Crippen LogP contribution in [0.3, 0.4) is 0 Å². The van der Waals surface area contributed by atoms with Crippen molar-refractivity contribution >= 4 is 33.4 Å². The lowest BCUT2D eigenvalue weighted by atomic mass is 9.92. The van der Waals surface area contributed by atoms with Crippen LogP contribution in [-0.2, 0) is 27.7 Å². The average Bonchev–Trinajstić information content (AvgIpc) is 2.79. The van der Waals surface area contributed by atoms with Gasteiger partial charge < -0.3 is 5.32 Å². The number of hydrogen-bond donors (Lipinski definition) is 1. The third-order valence-electron chi connectivity index (χ3n) is 6.14. The minimum absolute atomic E-state index is 0.0299. The highest BCUT2D eigenvalue weighted by molar-refractivity contribution is 7.98. The Morgan fingerprint density at radius 1 is 1.00 bits per heavy atom. The Morgan fingerprint density at radius 3 is 2.33 bits per heavy atom. The van der Waals surface area contributed by atoms with Crippen LogP contribution in [-0.4, -0.2) is 38.0 Å². The van der Waals surface area contributed by atoms with E-state index in [0.717, 1.165) is 29.8 Å². The number of hydrogen-bond acceptors (Lipinski definition) is 4. The van der Waals surface area contributed by atoms with Crippen LogP contribution in [0.4, 0.5) is 5.69 Å².